The molecule has 3 nitrogen and oxygen atoms in total. The van der Waals surface area contributed by atoms with Gasteiger partial charge in [-0.05, 0) is 43.2 Å². The number of hydrogen-bond acceptors (Lipinski definition) is 3. The highest BCUT2D eigenvalue weighted by Gasteiger charge is 2.41. The lowest BCUT2D eigenvalue weighted by Gasteiger charge is -2.24. The summed E-state index contributed by atoms with van der Waals surface area (Å²) in [6.07, 6.45) is -9.29. The van der Waals surface area contributed by atoms with Gasteiger partial charge in [0, 0.05) is 11.7 Å². The van der Waals surface area contributed by atoms with Crippen molar-refractivity contribution in [3.05, 3.63) is 52.5 Å². The Hall–Kier alpha value is -2.63. The van der Waals surface area contributed by atoms with Crippen LogP contribution in [0.4, 0.5) is 32.0 Å². The van der Waals surface area contributed by atoms with Crippen LogP contribution in [0.1, 0.15) is 35.1 Å². The molecule has 0 amide bonds. The number of nitrogens with zero attached hydrogens (tertiary/aromatic N) is 2. The number of fused-ring (bicyclic) bond motifs is 1. The summed E-state index contributed by atoms with van der Waals surface area (Å²) in [6.45, 7) is 1.56. The molecule has 138 valence electrons. The highest BCUT2D eigenvalue weighted by atomic mass is 19.4. The normalized spacial score (nSPS) is 17.3. The number of benzene rings is 1. The molecule has 0 bridgehead atoms. The van der Waals surface area contributed by atoms with E-state index >= 15 is 0 Å². The Labute approximate surface area is 144 Å². The number of furan rings is 1. The van der Waals surface area contributed by atoms with Gasteiger partial charge in [-0.2, -0.15) is 31.6 Å². The van der Waals surface area contributed by atoms with E-state index < -0.39 is 29.2 Å². The molecule has 1 aromatic carbocycles. The van der Waals surface area contributed by atoms with Crippen LogP contribution in [0.15, 0.2) is 28.7 Å². The summed E-state index contributed by atoms with van der Waals surface area (Å²) in [7, 11) is 0. The Balaban J connectivity index is 1.99. The predicted octanol–water partition coefficient (Wildman–Crippen LogP) is 5.14. The molecular weight excluding hydrogens is 362 g/mol. The van der Waals surface area contributed by atoms with Gasteiger partial charge < -0.3 is 9.32 Å². The average Bonchev–Trinajstić information content (AvgIpc) is 3.10. The summed E-state index contributed by atoms with van der Waals surface area (Å²) in [6, 6.07) is 5.57. The molecule has 0 radical (unpaired) electrons. The van der Waals surface area contributed by atoms with Crippen molar-refractivity contribution in [1.82, 2.24) is 0 Å². The van der Waals surface area contributed by atoms with Crippen LogP contribution in [0.5, 0.6) is 0 Å². The number of hydrogen-bond donors (Lipinski definition) is 0. The van der Waals surface area contributed by atoms with E-state index in [-0.39, 0.29) is 36.0 Å². The molecule has 0 spiro atoms. The zero-order valence-corrected chi connectivity index (χ0v) is 13.4. The average molecular weight is 374 g/mol. The quantitative estimate of drug-likeness (QED) is 0.684. The minimum absolute atomic E-state index is 0.00468. The predicted molar refractivity (Wildman–Crippen MR) is 79.2 cm³/mol. The first kappa shape index (κ1) is 18.2. The number of rotatable bonds is 2. The molecule has 1 aliphatic heterocycles. The molecule has 0 fully saturated rings. The fourth-order valence-electron chi connectivity index (χ4n) is 3.20. The van der Waals surface area contributed by atoms with Crippen molar-refractivity contribution >= 4 is 5.69 Å². The molecule has 9 heteroatoms. The summed E-state index contributed by atoms with van der Waals surface area (Å²) in [5.41, 5.74) is -1.23. The van der Waals surface area contributed by atoms with Gasteiger partial charge in [-0.15, -0.1) is 0 Å². The third-order valence-corrected chi connectivity index (χ3v) is 4.30. The maximum atomic E-state index is 13.4. The van der Waals surface area contributed by atoms with E-state index in [1.165, 1.54) is 6.07 Å². The Morgan fingerprint density at radius 3 is 2.35 bits per heavy atom. The van der Waals surface area contributed by atoms with E-state index in [0.29, 0.717) is 0 Å². The SMILES string of the molecule is CC1Cc2c(ccc(C#N)c2C(F)(F)F)N1Cc1ccc(C(F)(F)F)o1. The smallest absolute Gasteiger partial charge is 0.449 e. The van der Waals surface area contributed by atoms with Crippen molar-refractivity contribution in [3.8, 4) is 6.07 Å². The first-order chi connectivity index (χ1) is 12.0. The lowest BCUT2D eigenvalue weighted by Crippen LogP contribution is -2.28. The standard InChI is InChI=1S/C17H12F6N2O/c1-9-6-12-13(4-2-10(7-24)15(12)17(21,22)23)25(9)8-11-3-5-14(26-11)16(18,19)20/h2-5,9H,6,8H2,1H3. The molecule has 0 saturated heterocycles. The van der Waals surface area contributed by atoms with Crippen LogP contribution in [0.25, 0.3) is 0 Å². The van der Waals surface area contributed by atoms with E-state index in [0.717, 1.165) is 18.2 Å². The first-order valence-electron chi connectivity index (χ1n) is 7.58. The van der Waals surface area contributed by atoms with Gasteiger partial charge >= 0.3 is 12.4 Å². The highest BCUT2D eigenvalue weighted by molar-refractivity contribution is 5.66. The minimum atomic E-state index is -4.69. The molecule has 2 heterocycles. The second kappa shape index (κ2) is 5.97. The highest BCUT2D eigenvalue weighted by Crippen LogP contribution is 2.44. The first-order valence-corrected chi connectivity index (χ1v) is 7.58. The van der Waals surface area contributed by atoms with Gasteiger partial charge in [-0.3, -0.25) is 0 Å². The molecule has 0 N–H and O–H groups in total. The van der Waals surface area contributed by atoms with E-state index in [9.17, 15) is 26.3 Å². The van der Waals surface area contributed by atoms with Crippen molar-refractivity contribution in [2.24, 2.45) is 0 Å². The van der Waals surface area contributed by atoms with Crippen LogP contribution < -0.4 is 4.90 Å². The molecule has 1 aromatic heterocycles. The van der Waals surface area contributed by atoms with E-state index in [1.54, 1.807) is 17.9 Å². The van der Waals surface area contributed by atoms with Gasteiger partial charge in [0.1, 0.15) is 5.76 Å². The van der Waals surface area contributed by atoms with E-state index in [1.807, 2.05) is 0 Å². The molecular formula is C17H12F6N2O. The van der Waals surface area contributed by atoms with Crippen LogP contribution >= 0.6 is 0 Å². The van der Waals surface area contributed by atoms with Gasteiger partial charge in [0.05, 0.1) is 23.7 Å². The summed E-state index contributed by atoms with van der Waals surface area (Å²) in [4.78, 5) is 1.55. The molecule has 1 aliphatic rings. The third kappa shape index (κ3) is 3.11. The maximum Gasteiger partial charge on any atom is 0.449 e. The van der Waals surface area contributed by atoms with Gasteiger partial charge in [-0.1, -0.05) is 0 Å². The van der Waals surface area contributed by atoms with Gasteiger partial charge in [-0.25, -0.2) is 0 Å². The lowest BCUT2D eigenvalue weighted by molar-refractivity contribution is -0.153. The Morgan fingerprint density at radius 1 is 1.12 bits per heavy atom. The molecule has 1 atom stereocenters. The Morgan fingerprint density at radius 2 is 1.81 bits per heavy atom. The summed E-state index contributed by atoms with van der Waals surface area (Å²) in [5.74, 6) is -1.16. The molecule has 1 unspecified atom stereocenters. The largest absolute Gasteiger partial charge is 0.455 e. The maximum absolute atomic E-state index is 13.4. The van der Waals surface area contributed by atoms with Crippen molar-refractivity contribution in [2.75, 3.05) is 4.90 Å². The fourth-order valence-corrected chi connectivity index (χ4v) is 3.20. The monoisotopic (exact) mass is 374 g/mol. The number of halogens is 6. The van der Waals surface area contributed by atoms with Crippen LogP contribution in [-0.4, -0.2) is 6.04 Å². The fraction of sp³-hybridized carbons (Fsp3) is 0.353. The second-order valence-electron chi connectivity index (χ2n) is 6.04. The lowest BCUT2D eigenvalue weighted by atomic mass is 9.98. The van der Waals surface area contributed by atoms with Crippen LogP contribution in [0.3, 0.4) is 0 Å². The van der Waals surface area contributed by atoms with Crippen molar-refractivity contribution < 1.29 is 30.8 Å². The summed E-state index contributed by atoms with van der Waals surface area (Å²) < 4.78 is 82.9. The van der Waals surface area contributed by atoms with Crippen molar-refractivity contribution in [2.45, 2.75) is 38.3 Å². The number of alkyl halides is 6. The van der Waals surface area contributed by atoms with Gasteiger partial charge in [0.25, 0.3) is 0 Å². The molecule has 0 aliphatic carbocycles. The van der Waals surface area contributed by atoms with Crippen molar-refractivity contribution in [1.29, 1.82) is 5.26 Å². The molecule has 3 rings (SSSR count). The second-order valence-corrected chi connectivity index (χ2v) is 6.04. The zero-order valence-electron chi connectivity index (χ0n) is 13.4. The Kier molecular flexibility index (Phi) is 4.17. The number of anilines is 1. The minimum Gasteiger partial charge on any atom is -0.455 e. The van der Waals surface area contributed by atoms with Crippen LogP contribution in [-0.2, 0) is 25.3 Å². The Bertz CT molecular complexity index is 875. The topological polar surface area (TPSA) is 40.2 Å². The third-order valence-electron chi connectivity index (χ3n) is 4.30. The van der Waals surface area contributed by atoms with Crippen molar-refractivity contribution in [3.63, 3.8) is 0 Å². The van der Waals surface area contributed by atoms with Gasteiger partial charge in [0.2, 0.25) is 5.76 Å². The van der Waals surface area contributed by atoms with Crippen LogP contribution in [0.2, 0.25) is 0 Å². The molecule has 26 heavy (non-hydrogen) atoms. The molecule has 2 aromatic rings. The summed E-state index contributed by atoms with van der Waals surface area (Å²) in [5, 5.41) is 8.97. The summed E-state index contributed by atoms with van der Waals surface area (Å²) >= 11 is 0. The van der Waals surface area contributed by atoms with Crippen LogP contribution in [0, 0.1) is 11.3 Å². The number of nitriles is 1. The van der Waals surface area contributed by atoms with E-state index in [4.69, 9.17) is 9.68 Å². The molecule has 0 saturated carbocycles. The zero-order chi connectivity index (χ0) is 19.3. The van der Waals surface area contributed by atoms with Gasteiger partial charge in [0.15, 0.2) is 0 Å². The van der Waals surface area contributed by atoms with E-state index in [2.05, 4.69) is 0 Å².